The summed E-state index contributed by atoms with van der Waals surface area (Å²) in [6.07, 6.45) is 2.41. The highest BCUT2D eigenvalue weighted by molar-refractivity contribution is 6.30. The molecule has 1 aliphatic rings. The van der Waals surface area contributed by atoms with Gasteiger partial charge in [-0.25, -0.2) is 4.39 Å². The Balaban J connectivity index is 1.94. The number of nitrogens with two attached hydrogens (primary N) is 1. The minimum absolute atomic E-state index is 0.110. The maximum atomic E-state index is 13.2. The van der Waals surface area contributed by atoms with Gasteiger partial charge in [0, 0.05) is 33.1 Å². The third-order valence-corrected chi connectivity index (χ3v) is 4.24. The second-order valence-corrected chi connectivity index (χ2v) is 6.18. The molecule has 0 spiro atoms. The molecule has 0 aromatic heterocycles. The van der Waals surface area contributed by atoms with E-state index in [-0.39, 0.29) is 16.8 Å². The molecule has 0 bridgehead atoms. The van der Waals surface area contributed by atoms with Gasteiger partial charge in [0.2, 0.25) is 5.91 Å². The van der Waals surface area contributed by atoms with E-state index < -0.39 is 5.82 Å². The zero-order valence-electron chi connectivity index (χ0n) is 13.2. The van der Waals surface area contributed by atoms with Gasteiger partial charge < -0.3 is 16.0 Å². The first-order chi connectivity index (χ1) is 11.0. The summed E-state index contributed by atoms with van der Waals surface area (Å²) in [6.45, 7) is 2.15. The van der Waals surface area contributed by atoms with Crippen molar-refractivity contribution in [2.45, 2.75) is 25.8 Å². The summed E-state index contributed by atoms with van der Waals surface area (Å²) in [5.74, 6) is 0.338. The number of nitrogens with zero attached hydrogens (tertiary/aromatic N) is 2. The predicted octanol–water partition coefficient (Wildman–Crippen LogP) is 2.14. The molecule has 1 heterocycles. The largest absolute Gasteiger partial charge is 0.370 e. The van der Waals surface area contributed by atoms with E-state index in [2.05, 4.69) is 15.2 Å². The molecule has 23 heavy (non-hydrogen) atoms. The minimum atomic E-state index is -0.426. The van der Waals surface area contributed by atoms with Gasteiger partial charge >= 0.3 is 0 Å². The number of benzene rings is 1. The van der Waals surface area contributed by atoms with Crippen LogP contribution >= 0.6 is 11.6 Å². The Labute approximate surface area is 140 Å². The Morgan fingerprint density at radius 3 is 3.00 bits per heavy atom. The molecule has 2 rings (SSSR count). The average molecular weight is 341 g/mol. The van der Waals surface area contributed by atoms with Crippen LogP contribution in [0.4, 0.5) is 4.39 Å². The van der Waals surface area contributed by atoms with Crippen LogP contribution in [-0.2, 0) is 11.3 Å². The molecule has 1 saturated heterocycles. The molecule has 1 aliphatic heterocycles. The summed E-state index contributed by atoms with van der Waals surface area (Å²) < 4.78 is 13.2. The van der Waals surface area contributed by atoms with Crippen molar-refractivity contribution in [1.82, 2.24) is 10.2 Å². The van der Waals surface area contributed by atoms with Crippen molar-refractivity contribution in [3.63, 3.8) is 0 Å². The quantitative estimate of drug-likeness (QED) is 0.651. The lowest BCUT2D eigenvalue weighted by atomic mass is 9.95. The lowest BCUT2D eigenvalue weighted by molar-refractivity contribution is -0.119. The van der Waals surface area contributed by atoms with Crippen LogP contribution in [-0.4, -0.2) is 36.9 Å². The molecule has 126 valence electrons. The number of guanidine groups is 1. The maximum absolute atomic E-state index is 13.2. The van der Waals surface area contributed by atoms with Gasteiger partial charge in [0.05, 0.1) is 5.02 Å². The minimum Gasteiger partial charge on any atom is -0.370 e. The number of primary amides is 1. The Kier molecular flexibility index (Phi) is 6.21. The SMILES string of the molecule is CN=C(NCc1ccc(F)c(Cl)c1)N1CCCC(CC(N)=O)C1. The van der Waals surface area contributed by atoms with Crippen LogP contribution in [0.3, 0.4) is 0 Å². The second-order valence-electron chi connectivity index (χ2n) is 5.77. The number of aliphatic imine (C=N–C) groups is 1. The number of piperidine rings is 1. The fraction of sp³-hybridized carbons (Fsp3) is 0.500. The maximum Gasteiger partial charge on any atom is 0.217 e. The number of amides is 1. The first kappa shape index (κ1) is 17.5. The van der Waals surface area contributed by atoms with Crippen LogP contribution in [0.2, 0.25) is 5.02 Å². The van der Waals surface area contributed by atoms with Gasteiger partial charge in [-0.2, -0.15) is 0 Å². The molecule has 1 unspecified atom stereocenters. The first-order valence-corrected chi connectivity index (χ1v) is 8.05. The van der Waals surface area contributed by atoms with Crippen LogP contribution in [0.15, 0.2) is 23.2 Å². The standard InChI is InChI=1S/C16H22ClFN4O/c1-20-16(21-9-11-4-5-14(18)13(17)7-11)22-6-2-3-12(10-22)8-15(19)23/h4-5,7,12H,2-3,6,8-10H2,1H3,(H2,19,23)(H,20,21). The molecule has 1 amide bonds. The molecular weight excluding hydrogens is 319 g/mol. The Morgan fingerprint density at radius 2 is 2.35 bits per heavy atom. The predicted molar refractivity (Wildman–Crippen MR) is 89.7 cm³/mol. The highest BCUT2D eigenvalue weighted by Crippen LogP contribution is 2.20. The summed E-state index contributed by atoms with van der Waals surface area (Å²) in [5, 5.41) is 3.36. The van der Waals surface area contributed by atoms with Crippen molar-refractivity contribution in [3.05, 3.63) is 34.6 Å². The second kappa shape index (κ2) is 8.15. The summed E-state index contributed by atoms with van der Waals surface area (Å²) >= 11 is 5.79. The molecule has 0 aliphatic carbocycles. The van der Waals surface area contributed by atoms with Crippen molar-refractivity contribution < 1.29 is 9.18 Å². The molecular formula is C16H22ClFN4O. The monoisotopic (exact) mass is 340 g/mol. The van der Waals surface area contributed by atoms with E-state index in [9.17, 15) is 9.18 Å². The Hall–Kier alpha value is -1.82. The number of rotatable bonds is 4. The van der Waals surface area contributed by atoms with Gasteiger partial charge in [0.1, 0.15) is 5.82 Å². The van der Waals surface area contributed by atoms with E-state index in [0.717, 1.165) is 37.5 Å². The Morgan fingerprint density at radius 1 is 1.57 bits per heavy atom. The van der Waals surface area contributed by atoms with Gasteiger partial charge in [0.25, 0.3) is 0 Å². The number of halogens is 2. The molecule has 7 heteroatoms. The zero-order chi connectivity index (χ0) is 16.8. The van der Waals surface area contributed by atoms with Crippen LogP contribution in [0.25, 0.3) is 0 Å². The van der Waals surface area contributed by atoms with E-state index >= 15 is 0 Å². The van der Waals surface area contributed by atoms with Crippen LogP contribution in [0.1, 0.15) is 24.8 Å². The summed E-state index contributed by atoms with van der Waals surface area (Å²) in [6, 6.07) is 4.64. The third kappa shape index (κ3) is 5.10. The molecule has 1 aromatic rings. The summed E-state index contributed by atoms with van der Waals surface area (Å²) in [7, 11) is 1.72. The van der Waals surface area contributed by atoms with E-state index in [0.29, 0.717) is 13.0 Å². The molecule has 1 atom stereocenters. The number of hydrogen-bond acceptors (Lipinski definition) is 2. The van der Waals surface area contributed by atoms with Crippen molar-refractivity contribution >= 4 is 23.5 Å². The van der Waals surface area contributed by atoms with Crippen molar-refractivity contribution in [2.75, 3.05) is 20.1 Å². The Bertz CT molecular complexity index is 593. The van der Waals surface area contributed by atoms with Gasteiger partial charge in [-0.05, 0) is 36.5 Å². The number of nitrogens with one attached hydrogen (secondary N) is 1. The highest BCUT2D eigenvalue weighted by Gasteiger charge is 2.23. The fourth-order valence-corrected chi connectivity index (χ4v) is 3.07. The molecule has 0 radical (unpaired) electrons. The van der Waals surface area contributed by atoms with E-state index in [1.54, 1.807) is 19.2 Å². The van der Waals surface area contributed by atoms with Gasteiger partial charge in [-0.15, -0.1) is 0 Å². The summed E-state index contributed by atoms with van der Waals surface area (Å²) in [4.78, 5) is 17.5. The smallest absolute Gasteiger partial charge is 0.217 e. The summed E-state index contributed by atoms with van der Waals surface area (Å²) in [5.41, 5.74) is 6.17. The van der Waals surface area contributed by atoms with Crippen molar-refractivity contribution in [2.24, 2.45) is 16.6 Å². The number of hydrogen-bond donors (Lipinski definition) is 2. The number of carbonyl (C=O) groups excluding carboxylic acids is 1. The number of carbonyl (C=O) groups is 1. The zero-order valence-corrected chi connectivity index (χ0v) is 13.9. The highest BCUT2D eigenvalue weighted by atomic mass is 35.5. The van der Waals surface area contributed by atoms with E-state index in [4.69, 9.17) is 17.3 Å². The first-order valence-electron chi connectivity index (χ1n) is 7.67. The normalized spacial score (nSPS) is 18.8. The topological polar surface area (TPSA) is 70.7 Å². The van der Waals surface area contributed by atoms with E-state index in [1.807, 2.05) is 0 Å². The van der Waals surface area contributed by atoms with Crippen LogP contribution in [0, 0.1) is 11.7 Å². The third-order valence-electron chi connectivity index (χ3n) is 3.95. The van der Waals surface area contributed by atoms with Gasteiger partial charge in [-0.3, -0.25) is 9.79 Å². The molecule has 3 N–H and O–H groups in total. The van der Waals surface area contributed by atoms with Gasteiger partial charge in [0.15, 0.2) is 5.96 Å². The molecule has 1 aromatic carbocycles. The van der Waals surface area contributed by atoms with Crippen molar-refractivity contribution in [1.29, 1.82) is 0 Å². The van der Waals surface area contributed by atoms with Gasteiger partial charge in [-0.1, -0.05) is 17.7 Å². The molecule has 1 fully saturated rings. The average Bonchev–Trinajstić information content (AvgIpc) is 2.51. The van der Waals surface area contributed by atoms with E-state index in [1.165, 1.54) is 6.07 Å². The molecule has 0 saturated carbocycles. The van der Waals surface area contributed by atoms with Crippen molar-refractivity contribution in [3.8, 4) is 0 Å². The number of likely N-dealkylation sites (tertiary alicyclic amines) is 1. The van der Waals surface area contributed by atoms with Crippen LogP contribution < -0.4 is 11.1 Å². The lowest BCUT2D eigenvalue weighted by Crippen LogP contribution is -2.46. The lowest BCUT2D eigenvalue weighted by Gasteiger charge is -2.34. The fourth-order valence-electron chi connectivity index (χ4n) is 2.87. The van der Waals surface area contributed by atoms with Crippen LogP contribution in [0.5, 0.6) is 0 Å². The molecule has 5 nitrogen and oxygen atoms in total.